The van der Waals surface area contributed by atoms with Crippen LogP contribution in [0.25, 0.3) is 0 Å². The number of carbonyl (C=O) groups excluding carboxylic acids is 1. The number of amides is 1. The van der Waals surface area contributed by atoms with Crippen LogP contribution in [0.2, 0.25) is 0 Å². The monoisotopic (exact) mass is 382 g/mol. The smallest absolute Gasteiger partial charge is 0.254 e. The van der Waals surface area contributed by atoms with Crippen LogP contribution in [-0.2, 0) is 10.0 Å². The van der Waals surface area contributed by atoms with Crippen LogP contribution in [0.4, 0.5) is 4.39 Å². The lowest BCUT2D eigenvalue weighted by molar-refractivity contribution is 0.0510. The second kappa shape index (κ2) is 7.64. The van der Waals surface area contributed by atoms with Gasteiger partial charge in [0.1, 0.15) is 10.7 Å². The van der Waals surface area contributed by atoms with Gasteiger partial charge in [-0.15, -0.1) is 0 Å². The van der Waals surface area contributed by atoms with Gasteiger partial charge in [0.2, 0.25) is 10.0 Å². The summed E-state index contributed by atoms with van der Waals surface area (Å²) in [6.07, 6.45) is 5.47. The van der Waals surface area contributed by atoms with Gasteiger partial charge < -0.3 is 4.90 Å². The molecule has 0 aromatic heterocycles. The molecular weight excluding hydrogens is 355 g/mol. The highest BCUT2D eigenvalue weighted by atomic mass is 32.2. The molecule has 0 N–H and O–H groups in total. The number of nitrogens with zero attached hydrogens (tertiary/aromatic N) is 2. The first-order valence-corrected chi connectivity index (χ1v) is 10.9. The Bertz CT molecular complexity index is 765. The van der Waals surface area contributed by atoms with Crippen LogP contribution >= 0.6 is 0 Å². The predicted octanol–water partition coefficient (Wildman–Crippen LogP) is 3.40. The maximum Gasteiger partial charge on any atom is 0.254 e. The van der Waals surface area contributed by atoms with Crippen molar-refractivity contribution in [3.8, 4) is 0 Å². The van der Waals surface area contributed by atoms with Gasteiger partial charge in [-0.2, -0.15) is 4.31 Å². The standard InChI is InChI=1S/C19H27FN2O3S/c1-14-7-6-8-15(2)22(14)19(23)16-9-10-17(20)18(13-16)26(24,25)21-11-4-3-5-12-21/h9-10,13-15H,3-8,11-12H2,1-2H3. The van der Waals surface area contributed by atoms with E-state index in [0.717, 1.165) is 44.6 Å². The predicted molar refractivity (Wildman–Crippen MR) is 98.0 cm³/mol. The van der Waals surface area contributed by atoms with Gasteiger partial charge in [0.25, 0.3) is 5.91 Å². The molecule has 0 saturated carbocycles. The molecular formula is C19H27FN2O3S. The lowest BCUT2D eigenvalue weighted by Gasteiger charge is -2.39. The normalized spacial score (nSPS) is 25.3. The van der Waals surface area contributed by atoms with Gasteiger partial charge in [-0.1, -0.05) is 6.42 Å². The molecule has 2 atom stereocenters. The van der Waals surface area contributed by atoms with Gasteiger partial charge in [-0.25, -0.2) is 12.8 Å². The van der Waals surface area contributed by atoms with Crippen molar-refractivity contribution in [3.63, 3.8) is 0 Å². The van der Waals surface area contributed by atoms with Gasteiger partial charge in [-0.05, 0) is 64.2 Å². The fourth-order valence-corrected chi connectivity index (χ4v) is 5.66. The van der Waals surface area contributed by atoms with Crippen molar-refractivity contribution in [1.29, 1.82) is 0 Å². The van der Waals surface area contributed by atoms with Gasteiger partial charge in [-0.3, -0.25) is 4.79 Å². The molecule has 0 bridgehead atoms. The largest absolute Gasteiger partial charge is 0.333 e. The number of carbonyl (C=O) groups is 1. The Hall–Kier alpha value is -1.47. The molecule has 5 nitrogen and oxygen atoms in total. The van der Waals surface area contributed by atoms with E-state index in [1.165, 1.54) is 16.4 Å². The maximum absolute atomic E-state index is 14.3. The minimum atomic E-state index is -3.92. The first-order valence-electron chi connectivity index (χ1n) is 9.44. The van der Waals surface area contributed by atoms with E-state index in [9.17, 15) is 17.6 Å². The summed E-state index contributed by atoms with van der Waals surface area (Å²) in [5, 5.41) is 0. The van der Waals surface area contributed by atoms with Crippen molar-refractivity contribution >= 4 is 15.9 Å². The number of sulfonamides is 1. The van der Waals surface area contributed by atoms with Crippen molar-refractivity contribution in [2.45, 2.75) is 69.4 Å². The molecule has 3 rings (SSSR count). The molecule has 0 spiro atoms. The van der Waals surface area contributed by atoms with Gasteiger partial charge in [0.15, 0.2) is 0 Å². The molecule has 1 aromatic carbocycles. The summed E-state index contributed by atoms with van der Waals surface area (Å²) >= 11 is 0. The van der Waals surface area contributed by atoms with Crippen molar-refractivity contribution < 1.29 is 17.6 Å². The van der Waals surface area contributed by atoms with E-state index in [1.807, 2.05) is 13.8 Å². The third-order valence-electron chi connectivity index (χ3n) is 5.54. The molecule has 2 heterocycles. The maximum atomic E-state index is 14.3. The molecule has 144 valence electrons. The molecule has 1 aromatic rings. The molecule has 7 heteroatoms. The van der Waals surface area contributed by atoms with Crippen LogP contribution in [-0.4, -0.2) is 48.7 Å². The molecule has 1 amide bonds. The van der Waals surface area contributed by atoms with Crippen molar-refractivity contribution in [1.82, 2.24) is 9.21 Å². The lowest BCUT2D eigenvalue weighted by Crippen LogP contribution is -2.47. The Kier molecular flexibility index (Phi) is 5.67. The zero-order valence-corrected chi connectivity index (χ0v) is 16.3. The summed E-state index contributed by atoms with van der Waals surface area (Å²) in [6, 6.07) is 3.90. The first kappa shape index (κ1) is 19.3. The summed E-state index contributed by atoms with van der Waals surface area (Å²) in [5.41, 5.74) is 0.239. The number of hydrogen-bond donors (Lipinski definition) is 0. The quantitative estimate of drug-likeness (QED) is 0.805. The van der Waals surface area contributed by atoms with Crippen LogP contribution < -0.4 is 0 Å². The Morgan fingerprint density at radius 2 is 1.65 bits per heavy atom. The molecule has 2 saturated heterocycles. The summed E-state index contributed by atoms with van der Waals surface area (Å²) in [7, 11) is -3.92. The van der Waals surface area contributed by atoms with Crippen molar-refractivity contribution in [2.75, 3.05) is 13.1 Å². The number of benzene rings is 1. The Labute approximate surface area is 155 Å². The second-order valence-electron chi connectivity index (χ2n) is 7.45. The minimum absolute atomic E-state index is 0.0958. The highest BCUT2D eigenvalue weighted by Gasteiger charge is 2.33. The van der Waals surface area contributed by atoms with Crippen LogP contribution in [0.15, 0.2) is 23.1 Å². The highest BCUT2D eigenvalue weighted by molar-refractivity contribution is 7.89. The van der Waals surface area contributed by atoms with Crippen molar-refractivity contribution in [2.24, 2.45) is 0 Å². The third-order valence-corrected chi connectivity index (χ3v) is 7.45. The Balaban J connectivity index is 1.93. The van der Waals surface area contributed by atoms with E-state index < -0.39 is 15.8 Å². The summed E-state index contributed by atoms with van der Waals surface area (Å²) in [4.78, 5) is 14.4. The second-order valence-corrected chi connectivity index (χ2v) is 9.36. The third kappa shape index (κ3) is 3.64. The molecule has 26 heavy (non-hydrogen) atoms. The molecule has 2 unspecified atom stereocenters. The van der Waals surface area contributed by atoms with Crippen LogP contribution in [0.5, 0.6) is 0 Å². The zero-order valence-electron chi connectivity index (χ0n) is 15.4. The number of likely N-dealkylation sites (tertiary alicyclic amines) is 1. The molecule has 2 fully saturated rings. The summed E-state index contributed by atoms with van der Waals surface area (Å²) in [6.45, 7) is 4.81. The number of hydrogen-bond acceptors (Lipinski definition) is 3. The van der Waals surface area contributed by atoms with Crippen LogP contribution in [0.3, 0.4) is 0 Å². The number of piperidine rings is 2. The molecule has 0 aliphatic carbocycles. The van der Waals surface area contributed by atoms with E-state index in [0.29, 0.717) is 13.1 Å². The average Bonchev–Trinajstić information content (AvgIpc) is 2.62. The van der Waals surface area contributed by atoms with Crippen LogP contribution in [0.1, 0.15) is 62.7 Å². The molecule has 2 aliphatic heterocycles. The van der Waals surface area contributed by atoms with Gasteiger partial charge in [0, 0.05) is 30.7 Å². The lowest BCUT2D eigenvalue weighted by atomic mass is 9.96. The Morgan fingerprint density at radius 3 is 2.27 bits per heavy atom. The van der Waals surface area contributed by atoms with E-state index in [-0.39, 0.29) is 28.4 Å². The van der Waals surface area contributed by atoms with Gasteiger partial charge >= 0.3 is 0 Å². The van der Waals surface area contributed by atoms with E-state index in [4.69, 9.17) is 0 Å². The SMILES string of the molecule is CC1CCCC(C)N1C(=O)c1ccc(F)c(S(=O)(=O)N2CCCCC2)c1. The average molecular weight is 383 g/mol. The number of halogens is 1. The molecule has 2 aliphatic rings. The zero-order chi connectivity index (χ0) is 18.9. The number of rotatable bonds is 3. The van der Waals surface area contributed by atoms with E-state index in [2.05, 4.69) is 0 Å². The minimum Gasteiger partial charge on any atom is -0.333 e. The van der Waals surface area contributed by atoms with Gasteiger partial charge in [0.05, 0.1) is 0 Å². The fraction of sp³-hybridized carbons (Fsp3) is 0.632. The Morgan fingerprint density at radius 1 is 1.04 bits per heavy atom. The van der Waals surface area contributed by atoms with E-state index >= 15 is 0 Å². The van der Waals surface area contributed by atoms with Crippen molar-refractivity contribution in [3.05, 3.63) is 29.6 Å². The summed E-state index contributed by atoms with van der Waals surface area (Å²) < 4.78 is 41.4. The summed E-state index contributed by atoms with van der Waals surface area (Å²) in [5.74, 6) is -1.02. The van der Waals surface area contributed by atoms with E-state index in [1.54, 1.807) is 4.90 Å². The topological polar surface area (TPSA) is 57.7 Å². The molecule has 0 radical (unpaired) electrons. The first-order chi connectivity index (χ1) is 12.3. The van der Waals surface area contributed by atoms with Crippen LogP contribution in [0, 0.1) is 5.82 Å². The highest BCUT2D eigenvalue weighted by Crippen LogP contribution is 2.28. The fourth-order valence-electron chi connectivity index (χ4n) is 4.05.